The SMILES string of the molecule is O=C(NC1CCN(CC2=CCCCC2)CC1)C1CCCSC1. The summed E-state index contributed by atoms with van der Waals surface area (Å²) in [7, 11) is 0. The van der Waals surface area contributed by atoms with Crippen molar-refractivity contribution in [2.24, 2.45) is 5.92 Å². The number of carbonyl (C=O) groups is 1. The summed E-state index contributed by atoms with van der Waals surface area (Å²) in [5, 5.41) is 3.32. The number of rotatable bonds is 4. The fourth-order valence-electron chi connectivity index (χ4n) is 3.84. The predicted octanol–water partition coefficient (Wildman–Crippen LogP) is 3.21. The van der Waals surface area contributed by atoms with Crippen LogP contribution in [0.5, 0.6) is 0 Å². The number of amides is 1. The summed E-state index contributed by atoms with van der Waals surface area (Å²) in [6, 6.07) is 0.413. The first kappa shape index (κ1) is 16.4. The molecule has 3 aliphatic rings. The largest absolute Gasteiger partial charge is 0.353 e. The van der Waals surface area contributed by atoms with Crippen molar-refractivity contribution in [3.05, 3.63) is 11.6 Å². The minimum Gasteiger partial charge on any atom is -0.353 e. The summed E-state index contributed by atoms with van der Waals surface area (Å²) in [5.41, 5.74) is 1.65. The van der Waals surface area contributed by atoms with Crippen LogP contribution in [0.3, 0.4) is 0 Å². The third-order valence-corrected chi connectivity index (χ3v) is 6.49. The van der Waals surface area contributed by atoms with Crippen LogP contribution in [0.2, 0.25) is 0 Å². The molecule has 1 amide bonds. The maximum Gasteiger partial charge on any atom is 0.224 e. The molecule has 0 spiro atoms. The second kappa shape index (κ2) is 8.39. The topological polar surface area (TPSA) is 32.3 Å². The van der Waals surface area contributed by atoms with E-state index in [1.54, 1.807) is 5.57 Å². The van der Waals surface area contributed by atoms with Gasteiger partial charge in [-0.3, -0.25) is 9.69 Å². The van der Waals surface area contributed by atoms with E-state index >= 15 is 0 Å². The lowest BCUT2D eigenvalue weighted by atomic mass is 9.97. The van der Waals surface area contributed by atoms with Gasteiger partial charge in [0.05, 0.1) is 0 Å². The third-order valence-electron chi connectivity index (χ3n) is 5.28. The van der Waals surface area contributed by atoms with E-state index in [1.807, 2.05) is 11.8 Å². The molecule has 0 saturated carbocycles. The number of carbonyl (C=O) groups excluding carboxylic acids is 1. The van der Waals surface area contributed by atoms with Gasteiger partial charge in [0.15, 0.2) is 0 Å². The van der Waals surface area contributed by atoms with Crippen molar-refractivity contribution in [3.63, 3.8) is 0 Å². The number of piperidine rings is 1. The molecule has 0 radical (unpaired) electrons. The molecule has 1 unspecified atom stereocenters. The highest BCUT2D eigenvalue weighted by molar-refractivity contribution is 7.99. The number of allylic oxidation sites excluding steroid dienone is 1. The predicted molar refractivity (Wildman–Crippen MR) is 94.2 cm³/mol. The smallest absolute Gasteiger partial charge is 0.224 e. The quantitative estimate of drug-likeness (QED) is 0.807. The first-order valence-electron chi connectivity index (χ1n) is 9.09. The van der Waals surface area contributed by atoms with Crippen molar-refractivity contribution < 1.29 is 4.79 Å². The number of hydrogen-bond donors (Lipinski definition) is 1. The lowest BCUT2D eigenvalue weighted by Crippen LogP contribution is -2.47. The maximum atomic E-state index is 12.3. The molecule has 0 aromatic rings. The van der Waals surface area contributed by atoms with Crippen molar-refractivity contribution in [1.82, 2.24) is 10.2 Å². The fourth-order valence-corrected chi connectivity index (χ4v) is 4.98. The second-order valence-corrected chi connectivity index (χ2v) is 8.23. The van der Waals surface area contributed by atoms with Gasteiger partial charge in [0.2, 0.25) is 5.91 Å². The van der Waals surface area contributed by atoms with E-state index in [1.165, 1.54) is 44.4 Å². The highest BCUT2D eigenvalue weighted by Gasteiger charge is 2.26. The molecular formula is C18H30N2OS. The highest BCUT2D eigenvalue weighted by Crippen LogP contribution is 2.24. The molecule has 3 rings (SSSR count). The second-order valence-electron chi connectivity index (χ2n) is 7.08. The van der Waals surface area contributed by atoms with Gasteiger partial charge in [-0.15, -0.1) is 0 Å². The summed E-state index contributed by atoms with van der Waals surface area (Å²) >= 11 is 1.94. The molecule has 2 aliphatic heterocycles. The normalized spacial score (nSPS) is 28.2. The zero-order valence-electron chi connectivity index (χ0n) is 13.7. The number of thioether (sulfide) groups is 1. The van der Waals surface area contributed by atoms with Crippen LogP contribution in [-0.4, -0.2) is 48.0 Å². The minimum atomic E-state index is 0.268. The van der Waals surface area contributed by atoms with Gasteiger partial charge in [-0.2, -0.15) is 11.8 Å². The number of nitrogens with zero attached hydrogens (tertiary/aromatic N) is 1. The van der Waals surface area contributed by atoms with Gasteiger partial charge in [-0.1, -0.05) is 11.6 Å². The van der Waals surface area contributed by atoms with E-state index in [9.17, 15) is 4.79 Å². The van der Waals surface area contributed by atoms with Gasteiger partial charge in [-0.25, -0.2) is 0 Å². The molecule has 1 aliphatic carbocycles. The number of hydrogen-bond acceptors (Lipinski definition) is 3. The van der Waals surface area contributed by atoms with Crippen LogP contribution in [0.15, 0.2) is 11.6 Å². The molecular weight excluding hydrogens is 292 g/mol. The van der Waals surface area contributed by atoms with Crippen LogP contribution in [0.25, 0.3) is 0 Å². The summed E-state index contributed by atoms with van der Waals surface area (Å²) < 4.78 is 0. The highest BCUT2D eigenvalue weighted by atomic mass is 32.2. The Morgan fingerprint density at radius 3 is 2.77 bits per heavy atom. The Labute approximate surface area is 139 Å². The van der Waals surface area contributed by atoms with E-state index in [0.29, 0.717) is 11.9 Å². The Bertz CT molecular complexity index is 396. The zero-order valence-corrected chi connectivity index (χ0v) is 14.5. The number of likely N-dealkylation sites (tertiary alicyclic amines) is 1. The molecule has 1 atom stereocenters. The van der Waals surface area contributed by atoms with Crippen LogP contribution >= 0.6 is 11.8 Å². The minimum absolute atomic E-state index is 0.268. The standard InChI is InChI=1S/C18H30N2OS/c21-18(16-7-4-12-22-14-16)19-17-8-10-20(11-9-17)13-15-5-2-1-3-6-15/h5,16-17H,1-4,6-14H2,(H,19,21). The molecule has 4 heteroatoms. The van der Waals surface area contributed by atoms with Gasteiger partial charge in [-0.05, 0) is 57.1 Å². The lowest BCUT2D eigenvalue weighted by Gasteiger charge is -2.34. The van der Waals surface area contributed by atoms with E-state index in [-0.39, 0.29) is 5.92 Å². The molecule has 3 nitrogen and oxygen atoms in total. The van der Waals surface area contributed by atoms with Crippen LogP contribution in [0, 0.1) is 5.92 Å². The third kappa shape index (κ3) is 4.76. The molecule has 2 heterocycles. The van der Waals surface area contributed by atoms with Gasteiger partial charge < -0.3 is 5.32 Å². The van der Waals surface area contributed by atoms with Gasteiger partial charge in [0.1, 0.15) is 0 Å². The Morgan fingerprint density at radius 1 is 1.23 bits per heavy atom. The average molecular weight is 323 g/mol. The molecule has 22 heavy (non-hydrogen) atoms. The van der Waals surface area contributed by atoms with E-state index in [0.717, 1.165) is 38.1 Å². The van der Waals surface area contributed by atoms with Crippen molar-refractivity contribution in [2.45, 2.75) is 57.4 Å². The Morgan fingerprint density at radius 2 is 2.09 bits per heavy atom. The summed E-state index contributed by atoms with van der Waals surface area (Å²) in [6.45, 7) is 3.45. The van der Waals surface area contributed by atoms with E-state index in [4.69, 9.17) is 0 Å². The molecule has 2 saturated heterocycles. The maximum absolute atomic E-state index is 12.3. The molecule has 1 N–H and O–H groups in total. The first-order valence-corrected chi connectivity index (χ1v) is 10.2. The van der Waals surface area contributed by atoms with Gasteiger partial charge in [0.25, 0.3) is 0 Å². The average Bonchev–Trinajstić information content (AvgIpc) is 2.58. The van der Waals surface area contributed by atoms with Crippen molar-refractivity contribution in [3.8, 4) is 0 Å². The molecule has 0 aromatic heterocycles. The first-order chi connectivity index (χ1) is 10.8. The Hall–Kier alpha value is -0.480. The summed E-state index contributed by atoms with van der Waals surface area (Å²) in [6.07, 6.45) is 12.3. The molecule has 2 fully saturated rings. The monoisotopic (exact) mass is 322 g/mol. The lowest BCUT2D eigenvalue weighted by molar-refractivity contribution is -0.125. The van der Waals surface area contributed by atoms with Crippen LogP contribution in [0.1, 0.15) is 51.4 Å². The van der Waals surface area contributed by atoms with Crippen molar-refractivity contribution in [1.29, 1.82) is 0 Å². The van der Waals surface area contributed by atoms with Gasteiger partial charge in [0, 0.05) is 37.3 Å². The van der Waals surface area contributed by atoms with Crippen molar-refractivity contribution in [2.75, 3.05) is 31.1 Å². The molecule has 0 bridgehead atoms. The van der Waals surface area contributed by atoms with Crippen LogP contribution in [0.4, 0.5) is 0 Å². The molecule has 124 valence electrons. The van der Waals surface area contributed by atoms with Crippen LogP contribution < -0.4 is 5.32 Å². The van der Waals surface area contributed by atoms with E-state index in [2.05, 4.69) is 16.3 Å². The van der Waals surface area contributed by atoms with Gasteiger partial charge >= 0.3 is 0 Å². The van der Waals surface area contributed by atoms with Crippen molar-refractivity contribution >= 4 is 17.7 Å². The fraction of sp³-hybridized carbons (Fsp3) is 0.833. The van der Waals surface area contributed by atoms with Crippen LogP contribution in [-0.2, 0) is 4.79 Å². The summed E-state index contributed by atoms with van der Waals surface area (Å²) in [5.74, 6) is 2.85. The Balaban J connectivity index is 1.37. The Kier molecular flexibility index (Phi) is 6.25. The zero-order chi connectivity index (χ0) is 15.2. The summed E-state index contributed by atoms with van der Waals surface area (Å²) in [4.78, 5) is 14.9. The number of nitrogens with one attached hydrogen (secondary N) is 1. The van der Waals surface area contributed by atoms with E-state index < -0.39 is 0 Å². The molecule has 0 aromatic carbocycles.